The van der Waals surface area contributed by atoms with Crippen molar-refractivity contribution in [1.29, 1.82) is 0 Å². The molecule has 0 atom stereocenters. The van der Waals surface area contributed by atoms with Gasteiger partial charge in [0.2, 0.25) is 5.91 Å². The zero-order chi connectivity index (χ0) is 17.9. The van der Waals surface area contributed by atoms with Crippen molar-refractivity contribution in [2.75, 3.05) is 18.6 Å². The van der Waals surface area contributed by atoms with E-state index >= 15 is 0 Å². The second kappa shape index (κ2) is 12.3. The van der Waals surface area contributed by atoms with Gasteiger partial charge in [-0.15, -0.1) is 12.4 Å². The maximum absolute atomic E-state index is 12.8. The Kier molecular flexibility index (Phi) is 10.4. The van der Waals surface area contributed by atoms with Crippen LogP contribution in [0.4, 0.5) is 5.69 Å². The molecule has 0 saturated carbocycles. The van der Waals surface area contributed by atoms with Gasteiger partial charge in [0, 0.05) is 12.1 Å². The van der Waals surface area contributed by atoms with Gasteiger partial charge in [0.1, 0.15) is 5.75 Å². The Morgan fingerprint density at radius 1 is 0.962 bits per heavy atom. The zero-order valence-electron chi connectivity index (χ0n) is 15.4. The summed E-state index contributed by atoms with van der Waals surface area (Å²) in [7, 11) is 1.64. The average Bonchev–Trinajstić information content (AvgIpc) is 2.67. The van der Waals surface area contributed by atoms with Gasteiger partial charge in [-0.25, -0.2) is 0 Å². The first-order valence-electron chi connectivity index (χ1n) is 8.93. The molecule has 2 aromatic carbocycles. The third-order valence-corrected chi connectivity index (χ3v) is 4.21. The van der Waals surface area contributed by atoms with E-state index in [1.54, 1.807) is 7.11 Å². The number of rotatable bonds is 10. The second-order valence-corrected chi connectivity index (χ2v) is 6.12. The largest absolute Gasteiger partial charge is 0.497 e. The summed E-state index contributed by atoms with van der Waals surface area (Å²) in [6, 6.07) is 17.7. The van der Waals surface area contributed by atoms with Crippen molar-refractivity contribution in [2.45, 2.75) is 38.6 Å². The van der Waals surface area contributed by atoms with Crippen LogP contribution in [0.25, 0.3) is 0 Å². The maximum atomic E-state index is 12.8. The molecule has 0 aromatic heterocycles. The highest BCUT2D eigenvalue weighted by Gasteiger charge is 2.16. The van der Waals surface area contributed by atoms with Crippen LogP contribution in [0.5, 0.6) is 5.75 Å². The van der Waals surface area contributed by atoms with Crippen LogP contribution < -0.4 is 15.4 Å². The number of hydrogen-bond acceptors (Lipinski definition) is 3. The van der Waals surface area contributed by atoms with E-state index in [2.05, 4.69) is 0 Å². The molecule has 26 heavy (non-hydrogen) atoms. The molecule has 0 aliphatic heterocycles. The third-order valence-electron chi connectivity index (χ3n) is 4.21. The van der Waals surface area contributed by atoms with Crippen LogP contribution in [-0.4, -0.2) is 19.6 Å². The van der Waals surface area contributed by atoms with E-state index in [-0.39, 0.29) is 18.3 Å². The Bertz CT molecular complexity index is 632. The summed E-state index contributed by atoms with van der Waals surface area (Å²) in [5.41, 5.74) is 7.54. The first-order valence-corrected chi connectivity index (χ1v) is 8.93. The number of amides is 1. The van der Waals surface area contributed by atoms with Gasteiger partial charge >= 0.3 is 0 Å². The summed E-state index contributed by atoms with van der Waals surface area (Å²) in [6.45, 7) is 1.30. The topological polar surface area (TPSA) is 55.6 Å². The molecule has 2 rings (SSSR count). The van der Waals surface area contributed by atoms with Gasteiger partial charge in [0.25, 0.3) is 0 Å². The van der Waals surface area contributed by atoms with Crippen molar-refractivity contribution in [2.24, 2.45) is 5.73 Å². The predicted molar refractivity (Wildman–Crippen MR) is 110 cm³/mol. The van der Waals surface area contributed by atoms with E-state index in [0.717, 1.165) is 49.2 Å². The standard InChI is InChI=1S/C21H28N2O2.ClH/c1-25-20-14-12-19(13-15-20)23(17-18-9-5-4-6-10-18)21(24)11-7-2-3-8-16-22;/h4-6,9-10,12-15H,2-3,7-8,11,16-17,22H2,1H3;1H. The van der Waals surface area contributed by atoms with E-state index in [1.165, 1.54) is 0 Å². The number of benzene rings is 2. The normalized spacial score (nSPS) is 10.1. The van der Waals surface area contributed by atoms with Gasteiger partial charge in [-0.05, 0) is 49.2 Å². The van der Waals surface area contributed by atoms with Crippen LogP contribution in [0.2, 0.25) is 0 Å². The number of carbonyl (C=O) groups is 1. The summed E-state index contributed by atoms with van der Waals surface area (Å²) in [5, 5.41) is 0. The van der Waals surface area contributed by atoms with Gasteiger partial charge in [-0.1, -0.05) is 43.2 Å². The summed E-state index contributed by atoms with van der Waals surface area (Å²) in [6.07, 6.45) is 4.62. The fraction of sp³-hybridized carbons (Fsp3) is 0.381. The molecule has 0 heterocycles. The highest BCUT2D eigenvalue weighted by Crippen LogP contribution is 2.22. The molecule has 4 nitrogen and oxygen atoms in total. The fourth-order valence-corrected chi connectivity index (χ4v) is 2.76. The number of anilines is 1. The van der Waals surface area contributed by atoms with Crippen LogP contribution in [-0.2, 0) is 11.3 Å². The fourth-order valence-electron chi connectivity index (χ4n) is 2.76. The number of methoxy groups -OCH3 is 1. The molecule has 2 N–H and O–H groups in total. The van der Waals surface area contributed by atoms with Gasteiger partial charge < -0.3 is 15.4 Å². The maximum Gasteiger partial charge on any atom is 0.227 e. The smallest absolute Gasteiger partial charge is 0.227 e. The van der Waals surface area contributed by atoms with Gasteiger partial charge in [-0.3, -0.25) is 4.79 Å². The molecule has 1 amide bonds. The lowest BCUT2D eigenvalue weighted by molar-refractivity contribution is -0.118. The Hall–Kier alpha value is -2.04. The lowest BCUT2D eigenvalue weighted by Crippen LogP contribution is -2.30. The molecule has 142 valence electrons. The van der Waals surface area contributed by atoms with E-state index in [0.29, 0.717) is 13.0 Å². The van der Waals surface area contributed by atoms with E-state index in [9.17, 15) is 4.79 Å². The number of ether oxygens (including phenoxy) is 1. The summed E-state index contributed by atoms with van der Waals surface area (Å²) in [5.74, 6) is 0.944. The second-order valence-electron chi connectivity index (χ2n) is 6.12. The number of halogens is 1. The molecule has 0 spiro atoms. The molecule has 0 fully saturated rings. The van der Waals surface area contributed by atoms with E-state index in [4.69, 9.17) is 10.5 Å². The molecule has 0 aliphatic carbocycles. The molecule has 2 aromatic rings. The van der Waals surface area contributed by atoms with Crippen LogP contribution in [0, 0.1) is 0 Å². The molecule has 5 heteroatoms. The molecule has 0 saturated heterocycles. The third kappa shape index (κ3) is 7.06. The lowest BCUT2D eigenvalue weighted by Gasteiger charge is -2.23. The Morgan fingerprint density at radius 2 is 1.62 bits per heavy atom. The molecule has 0 radical (unpaired) electrons. The average molecular weight is 377 g/mol. The van der Waals surface area contributed by atoms with Gasteiger partial charge in [-0.2, -0.15) is 0 Å². The van der Waals surface area contributed by atoms with Gasteiger partial charge in [0.05, 0.1) is 13.7 Å². The molecule has 0 unspecified atom stereocenters. The predicted octanol–water partition coefficient (Wildman–Crippen LogP) is 4.56. The first-order chi connectivity index (χ1) is 12.2. The Balaban J connectivity index is 0.00000338. The summed E-state index contributed by atoms with van der Waals surface area (Å²) in [4.78, 5) is 14.7. The summed E-state index contributed by atoms with van der Waals surface area (Å²) >= 11 is 0. The SMILES string of the molecule is COc1ccc(N(Cc2ccccc2)C(=O)CCCCCCN)cc1.Cl. The van der Waals surface area contributed by atoms with E-state index in [1.807, 2.05) is 59.5 Å². The van der Waals surface area contributed by atoms with Crippen molar-refractivity contribution >= 4 is 24.0 Å². The summed E-state index contributed by atoms with van der Waals surface area (Å²) < 4.78 is 5.22. The molecular weight excluding hydrogens is 348 g/mol. The van der Waals surface area contributed by atoms with Crippen molar-refractivity contribution < 1.29 is 9.53 Å². The van der Waals surface area contributed by atoms with Crippen LogP contribution >= 0.6 is 12.4 Å². The van der Waals surface area contributed by atoms with Crippen molar-refractivity contribution in [3.05, 3.63) is 60.2 Å². The molecule has 0 bridgehead atoms. The van der Waals surface area contributed by atoms with Crippen LogP contribution in [0.1, 0.15) is 37.7 Å². The zero-order valence-corrected chi connectivity index (χ0v) is 16.2. The monoisotopic (exact) mass is 376 g/mol. The number of carbonyl (C=O) groups excluding carboxylic acids is 1. The van der Waals surface area contributed by atoms with Crippen LogP contribution in [0.15, 0.2) is 54.6 Å². The Morgan fingerprint density at radius 3 is 2.23 bits per heavy atom. The number of nitrogens with two attached hydrogens (primary N) is 1. The Labute approximate surface area is 162 Å². The van der Waals surface area contributed by atoms with Crippen molar-refractivity contribution in [3.63, 3.8) is 0 Å². The quantitative estimate of drug-likeness (QED) is 0.618. The number of nitrogens with zero attached hydrogens (tertiary/aromatic N) is 1. The highest BCUT2D eigenvalue weighted by molar-refractivity contribution is 5.93. The minimum atomic E-state index is 0. The van der Waals surface area contributed by atoms with E-state index < -0.39 is 0 Å². The lowest BCUT2D eigenvalue weighted by atomic mass is 10.1. The molecular formula is C21H29ClN2O2. The van der Waals surface area contributed by atoms with Crippen LogP contribution in [0.3, 0.4) is 0 Å². The van der Waals surface area contributed by atoms with Crippen molar-refractivity contribution in [1.82, 2.24) is 0 Å². The van der Waals surface area contributed by atoms with Gasteiger partial charge in [0.15, 0.2) is 0 Å². The highest BCUT2D eigenvalue weighted by atomic mass is 35.5. The minimum absolute atomic E-state index is 0. The molecule has 0 aliphatic rings. The number of hydrogen-bond donors (Lipinski definition) is 1. The van der Waals surface area contributed by atoms with Crippen molar-refractivity contribution in [3.8, 4) is 5.75 Å². The number of unbranched alkanes of at least 4 members (excludes halogenated alkanes) is 3. The first kappa shape index (κ1) is 22.0. The minimum Gasteiger partial charge on any atom is -0.497 e.